The van der Waals surface area contributed by atoms with Crippen LogP contribution in [0.4, 0.5) is 11.4 Å². The number of methoxy groups -OCH3 is 3. The van der Waals surface area contributed by atoms with Crippen molar-refractivity contribution in [2.24, 2.45) is 0 Å². The number of benzene rings is 3. The molecule has 0 saturated carbocycles. The van der Waals surface area contributed by atoms with Crippen molar-refractivity contribution in [2.45, 2.75) is 29.6 Å². The van der Waals surface area contributed by atoms with Crippen molar-refractivity contribution in [3.8, 4) is 17.2 Å². The molecular formula is C33H38ClN3O6S. The van der Waals surface area contributed by atoms with Gasteiger partial charge in [-0.3, -0.25) is 14.5 Å². The van der Waals surface area contributed by atoms with Crippen LogP contribution in [0.5, 0.6) is 17.2 Å². The lowest BCUT2D eigenvalue weighted by molar-refractivity contribution is -0.152. The first-order valence-corrected chi connectivity index (χ1v) is 15.8. The number of carbonyl (C=O) groups is 2. The molecule has 2 aliphatic heterocycles. The first-order valence-electron chi connectivity index (χ1n) is 14.6. The van der Waals surface area contributed by atoms with Crippen LogP contribution in [-0.4, -0.2) is 83.5 Å². The van der Waals surface area contributed by atoms with E-state index in [1.165, 1.54) is 18.7 Å². The minimum absolute atomic E-state index is 0.244. The molecule has 1 fully saturated rings. The number of ether oxygens (including phenoxy) is 4. The first kappa shape index (κ1) is 31.8. The predicted octanol–water partition coefficient (Wildman–Crippen LogP) is 5.69. The van der Waals surface area contributed by atoms with Gasteiger partial charge in [0.2, 0.25) is 0 Å². The summed E-state index contributed by atoms with van der Waals surface area (Å²) in [6.45, 7) is 6.15. The van der Waals surface area contributed by atoms with Gasteiger partial charge in [-0.05, 0) is 61.0 Å². The van der Waals surface area contributed by atoms with E-state index in [4.69, 9.17) is 30.5 Å². The van der Waals surface area contributed by atoms with E-state index in [1.807, 2.05) is 54.6 Å². The summed E-state index contributed by atoms with van der Waals surface area (Å²) in [6, 6.07) is 18.9. The van der Waals surface area contributed by atoms with E-state index in [0.29, 0.717) is 17.3 Å². The smallest absolute Gasteiger partial charge is 0.303 e. The molecule has 3 aromatic carbocycles. The van der Waals surface area contributed by atoms with Crippen LogP contribution in [0.15, 0.2) is 65.6 Å². The van der Waals surface area contributed by atoms with Crippen molar-refractivity contribution >= 4 is 46.6 Å². The fourth-order valence-corrected chi connectivity index (χ4v) is 7.27. The van der Waals surface area contributed by atoms with Crippen molar-refractivity contribution in [3.63, 3.8) is 0 Å². The Morgan fingerprint density at radius 2 is 1.55 bits per heavy atom. The molecule has 0 N–H and O–H groups in total. The van der Waals surface area contributed by atoms with Gasteiger partial charge in [0.25, 0.3) is 5.91 Å². The number of esters is 1. The summed E-state index contributed by atoms with van der Waals surface area (Å²) in [6.07, 6.45) is -0.246. The Hall–Kier alpha value is -3.60. The monoisotopic (exact) mass is 639 g/mol. The van der Waals surface area contributed by atoms with Gasteiger partial charge in [-0.2, -0.15) is 0 Å². The Morgan fingerprint density at radius 1 is 0.864 bits per heavy atom. The number of fused-ring (bicyclic) bond motifs is 1. The van der Waals surface area contributed by atoms with Crippen molar-refractivity contribution in [2.75, 3.05) is 70.4 Å². The first-order chi connectivity index (χ1) is 21.3. The summed E-state index contributed by atoms with van der Waals surface area (Å²) in [7, 11) is 4.93. The van der Waals surface area contributed by atoms with Crippen molar-refractivity contribution in [1.29, 1.82) is 0 Å². The number of anilines is 2. The van der Waals surface area contributed by atoms with Crippen LogP contribution < -0.4 is 24.0 Å². The topological polar surface area (TPSA) is 80.8 Å². The van der Waals surface area contributed by atoms with Gasteiger partial charge in [-0.15, -0.1) is 11.8 Å². The van der Waals surface area contributed by atoms with Crippen molar-refractivity contribution in [3.05, 3.63) is 71.2 Å². The van der Waals surface area contributed by atoms with Crippen LogP contribution in [0, 0.1) is 0 Å². The minimum atomic E-state index is -1.000. The van der Waals surface area contributed by atoms with Crippen LogP contribution in [0.25, 0.3) is 0 Å². The largest absolute Gasteiger partial charge is 0.497 e. The predicted molar refractivity (Wildman–Crippen MR) is 174 cm³/mol. The highest BCUT2D eigenvalue weighted by molar-refractivity contribution is 7.99. The summed E-state index contributed by atoms with van der Waals surface area (Å²) in [5.74, 6) is 1.52. The maximum absolute atomic E-state index is 14.2. The highest BCUT2D eigenvalue weighted by atomic mass is 35.5. The Morgan fingerprint density at radius 3 is 2.20 bits per heavy atom. The zero-order valence-corrected chi connectivity index (χ0v) is 27.0. The number of nitrogens with zero attached hydrogens (tertiary/aromatic N) is 3. The fraction of sp³-hybridized carbons (Fsp3) is 0.394. The molecule has 1 amide bonds. The molecular weight excluding hydrogens is 602 g/mol. The average Bonchev–Trinajstić information content (AvgIpc) is 3.14. The fourth-order valence-electron chi connectivity index (χ4n) is 5.67. The number of thioether (sulfide) groups is 1. The van der Waals surface area contributed by atoms with E-state index in [-0.39, 0.29) is 5.91 Å². The van der Waals surface area contributed by atoms with Gasteiger partial charge in [0.15, 0.2) is 6.10 Å². The van der Waals surface area contributed by atoms with Gasteiger partial charge in [0.05, 0.1) is 38.0 Å². The molecule has 0 unspecified atom stereocenters. The van der Waals surface area contributed by atoms with E-state index in [2.05, 4.69) is 9.80 Å². The third-order valence-corrected chi connectivity index (χ3v) is 9.53. The van der Waals surface area contributed by atoms with E-state index >= 15 is 0 Å². The molecule has 44 heavy (non-hydrogen) atoms. The van der Waals surface area contributed by atoms with Gasteiger partial charge in [-0.25, -0.2) is 0 Å². The number of rotatable bonds is 10. The number of piperazine rings is 1. The summed E-state index contributed by atoms with van der Waals surface area (Å²) >= 11 is 7.90. The van der Waals surface area contributed by atoms with E-state index in [9.17, 15) is 9.59 Å². The molecule has 2 atom stereocenters. The third-order valence-electron chi connectivity index (χ3n) is 7.94. The molecule has 0 aromatic heterocycles. The van der Waals surface area contributed by atoms with Gasteiger partial charge < -0.3 is 28.7 Å². The Labute approximate surface area is 267 Å². The molecule has 9 nitrogen and oxygen atoms in total. The van der Waals surface area contributed by atoms with Gasteiger partial charge in [-0.1, -0.05) is 23.7 Å². The van der Waals surface area contributed by atoms with Crippen LogP contribution in [0.3, 0.4) is 0 Å². The van der Waals surface area contributed by atoms with Crippen LogP contribution in [0.1, 0.15) is 24.2 Å². The molecule has 0 radical (unpaired) electrons. The highest BCUT2D eigenvalue weighted by Gasteiger charge is 2.41. The molecule has 11 heteroatoms. The van der Waals surface area contributed by atoms with Crippen LogP contribution in [-0.2, 0) is 14.3 Å². The second-order valence-corrected chi connectivity index (χ2v) is 12.3. The standard InChI is InChI=1S/C33H38ClN3O6S/c1-22(38)43-31-32(23-6-9-25(40-2)10-7-23)44-30-20-24(34)8-12-28(30)37(33(31)39)15-5-14-35-16-18-36(19-17-35)27-13-11-26(41-3)21-29(27)42-4/h6-13,20-21,31-32H,5,14-19H2,1-4H3/t31-,32+/m1/s1. The Balaban J connectivity index is 1.29. The Kier molecular flexibility index (Phi) is 10.5. The molecule has 0 bridgehead atoms. The number of halogens is 1. The molecule has 0 aliphatic carbocycles. The van der Waals surface area contributed by atoms with Gasteiger partial charge in [0, 0.05) is 55.6 Å². The number of carbonyl (C=O) groups excluding carboxylic acids is 2. The lowest BCUT2D eigenvalue weighted by Crippen LogP contribution is -2.48. The molecule has 2 aliphatic rings. The third kappa shape index (κ3) is 7.20. The maximum atomic E-state index is 14.2. The molecule has 1 saturated heterocycles. The van der Waals surface area contributed by atoms with Gasteiger partial charge in [0.1, 0.15) is 17.2 Å². The van der Waals surface area contributed by atoms with Crippen LogP contribution >= 0.6 is 23.4 Å². The molecule has 2 heterocycles. The summed E-state index contributed by atoms with van der Waals surface area (Å²) < 4.78 is 22.0. The zero-order valence-electron chi connectivity index (χ0n) is 25.5. The summed E-state index contributed by atoms with van der Waals surface area (Å²) in [5.41, 5.74) is 2.68. The van der Waals surface area contributed by atoms with E-state index < -0.39 is 17.3 Å². The number of hydrogen-bond donors (Lipinski definition) is 0. The summed E-state index contributed by atoms with van der Waals surface area (Å²) in [4.78, 5) is 33.8. The zero-order chi connectivity index (χ0) is 31.2. The SMILES string of the molecule is COc1ccc([C@@H]2Sc3cc(Cl)ccc3N(CCCN3CCN(c4ccc(OC)cc4OC)CC3)C(=O)[C@@H]2OC(C)=O)cc1. The second kappa shape index (κ2) is 14.5. The number of hydrogen-bond acceptors (Lipinski definition) is 9. The lowest BCUT2D eigenvalue weighted by atomic mass is 10.1. The van der Waals surface area contributed by atoms with Crippen molar-refractivity contribution in [1.82, 2.24) is 4.90 Å². The maximum Gasteiger partial charge on any atom is 0.303 e. The summed E-state index contributed by atoms with van der Waals surface area (Å²) in [5, 5.41) is 0.122. The van der Waals surface area contributed by atoms with Crippen LogP contribution in [0.2, 0.25) is 5.02 Å². The minimum Gasteiger partial charge on any atom is -0.497 e. The van der Waals surface area contributed by atoms with E-state index in [1.54, 1.807) is 32.3 Å². The number of amides is 1. The highest BCUT2D eigenvalue weighted by Crippen LogP contribution is 2.48. The normalized spacial score (nSPS) is 18.8. The second-order valence-electron chi connectivity index (χ2n) is 10.7. The molecule has 3 aromatic rings. The van der Waals surface area contributed by atoms with E-state index in [0.717, 1.165) is 72.5 Å². The quantitative estimate of drug-likeness (QED) is 0.260. The average molecular weight is 640 g/mol. The molecule has 0 spiro atoms. The molecule has 5 rings (SSSR count). The Bertz CT molecular complexity index is 1460. The van der Waals surface area contributed by atoms with Crippen molar-refractivity contribution < 1.29 is 28.5 Å². The van der Waals surface area contributed by atoms with Gasteiger partial charge >= 0.3 is 5.97 Å². The lowest BCUT2D eigenvalue weighted by Gasteiger charge is -2.37. The molecule has 234 valence electrons.